The summed E-state index contributed by atoms with van der Waals surface area (Å²) >= 11 is 0. The smallest absolute Gasteiger partial charge is 0.0275 e. The summed E-state index contributed by atoms with van der Waals surface area (Å²) in [4.78, 5) is 2.85. The third kappa shape index (κ3) is 4.46. The van der Waals surface area contributed by atoms with Gasteiger partial charge in [0.25, 0.3) is 0 Å². The van der Waals surface area contributed by atoms with E-state index in [-0.39, 0.29) is 0 Å². The molecule has 1 N–H and O–H groups in total. The molecule has 20 heavy (non-hydrogen) atoms. The summed E-state index contributed by atoms with van der Waals surface area (Å²) in [5.74, 6) is 1.75. The number of hydrogen-bond donors (Lipinski definition) is 1. The third-order valence-corrected chi connectivity index (χ3v) is 5.39. The first kappa shape index (κ1) is 16.3. The van der Waals surface area contributed by atoms with E-state index in [4.69, 9.17) is 0 Å². The first-order chi connectivity index (χ1) is 9.72. The minimum absolute atomic E-state index is 0.730. The van der Waals surface area contributed by atoms with Gasteiger partial charge in [0.1, 0.15) is 0 Å². The molecule has 1 heterocycles. The Hall–Kier alpha value is -0.0800. The van der Waals surface area contributed by atoms with E-state index in [0.29, 0.717) is 0 Å². The summed E-state index contributed by atoms with van der Waals surface area (Å²) in [6, 6.07) is 1.52. The Morgan fingerprint density at radius 1 is 0.950 bits per heavy atom. The van der Waals surface area contributed by atoms with Crippen LogP contribution >= 0.6 is 0 Å². The fourth-order valence-corrected chi connectivity index (χ4v) is 4.56. The number of rotatable bonds is 4. The van der Waals surface area contributed by atoms with Crippen molar-refractivity contribution in [2.45, 2.75) is 84.2 Å². The second-order valence-corrected chi connectivity index (χ2v) is 7.41. The van der Waals surface area contributed by atoms with Crippen LogP contribution in [-0.4, -0.2) is 36.6 Å². The molecule has 118 valence electrons. The van der Waals surface area contributed by atoms with Crippen LogP contribution in [0.5, 0.6) is 0 Å². The second kappa shape index (κ2) is 8.38. The number of hydrogen-bond acceptors (Lipinski definition) is 2. The molecular weight excluding hydrogens is 244 g/mol. The molecule has 1 aliphatic carbocycles. The van der Waals surface area contributed by atoms with Crippen LogP contribution in [0.15, 0.2) is 0 Å². The van der Waals surface area contributed by atoms with Crippen molar-refractivity contribution in [3.8, 4) is 0 Å². The zero-order chi connectivity index (χ0) is 14.4. The molecule has 4 atom stereocenters. The molecule has 2 aliphatic rings. The normalized spacial score (nSPS) is 37.4. The Labute approximate surface area is 126 Å². The van der Waals surface area contributed by atoms with Crippen LogP contribution in [0.25, 0.3) is 0 Å². The molecule has 2 fully saturated rings. The van der Waals surface area contributed by atoms with Crippen molar-refractivity contribution < 1.29 is 0 Å². The molecule has 1 saturated heterocycles. The highest BCUT2D eigenvalue weighted by Crippen LogP contribution is 2.33. The van der Waals surface area contributed by atoms with E-state index < -0.39 is 0 Å². The van der Waals surface area contributed by atoms with Crippen molar-refractivity contribution in [1.29, 1.82) is 0 Å². The van der Waals surface area contributed by atoms with E-state index in [2.05, 4.69) is 31.0 Å². The van der Waals surface area contributed by atoms with Gasteiger partial charge in [-0.1, -0.05) is 40.0 Å². The van der Waals surface area contributed by atoms with Crippen molar-refractivity contribution in [3.63, 3.8) is 0 Å². The standard InChI is InChI=1S/C18H36N2/c1-4-10-19-17-14-15(2)13-16(3)18(17)20-11-8-6-5-7-9-12-20/h15-19H,4-14H2,1-3H3. The molecule has 2 heteroatoms. The van der Waals surface area contributed by atoms with Gasteiger partial charge in [-0.15, -0.1) is 0 Å². The lowest BCUT2D eigenvalue weighted by Gasteiger charge is -2.46. The summed E-state index contributed by atoms with van der Waals surface area (Å²) in [6.07, 6.45) is 11.2. The fourth-order valence-electron chi connectivity index (χ4n) is 4.56. The van der Waals surface area contributed by atoms with Gasteiger partial charge in [0.2, 0.25) is 0 Å². The summed E-state index contributed by atoms with van der Waals surface area (Å²) in [7, 11) is 0. The van der Waals surface area contributed by atoms with Crippen molar-refractivity contribution >= 4 is 0 Å². The lowest BCUT2D eigenvalue weighted by atomic mass is 9.75. The lowest BCUT2D eigenvalue weighted by Crippen LogP contribution is -2.57. The van der Waals surface area contributed by atoms with Gasteiger partial charge in [-0.25, -0.2) is 0 Å². The summed E-state index contributed by atoms with van der Waals surface area (Å²) < 4.78 is 0. The minimum atomic E-state index is 0.730. The van der Waals surface area contributed by atoms with E-state index in [1.807, 2.05) is 0 Å². The van der Waals surface area contributed by atoms with E-state index in [0.717, 1.165) is 23.9 Å². The minimum Gasteiger partial charge on any atom is -0.312 e. The van der Waals surface area contributed by atoms with E-state index in [1.165, 1.54) is 71.0 Å². The Morgan fingerprint density at radius 3 is 2.25 bits per heavy atom. The molecule has 0 radical (unpaired) electrons. The maximum atomic E-state index is 3.87. The van der Waals surface area contributed by atoms with Crippen LogP contribution < -0.4 is 5.32 Å². The van der Waals surface area contributed by atoms with Gasteiger partial charge in [0.05, 0.1) is 0 Å². The quantitative estimate of drug-likeness (QED) is 0.835. The van der Waals surface area contributed by atoms with E-state index in [9.17, 15) is 0 Å². The zero-order valence-electron chi connectivity index (χ0n) is 14.0. The van der Waals surface area contributed by atoms with Crippen LogP contribution in [0.2, 0.25) is 0 Å². The van der Waals surface area contributed by atoms with Crippen molar-refractivity contribution in [3.05, 3.63) is 0 Å². The van der Waals surface area contributed by atoms with E-state index >= 15 is 0 Å². The molecule has 0 amide bonds. The van der Waals surface area contributed by atoms with Gasteiger partial charge >= 0.3 is 0 Å². The maximum Gasteiger partial charge on any atom is 0.0275 e. The molecule has 1 saturated carbocycles. The molecular formula is C18H36N2. The summed E-state index contributed by atoms with van der Waals surface area (Å²) in [5, 5.41) is 3.87. The third-order valence-electron chi connectivity index (χ3n) is 5.39. The summed E-state index contributed by atoms with van der Waals surface area (Å²) in [5.41, 5.74) is 0. The Balaban J connectivity index is 2.01. The topological polar surface area (TPSA) is 15.3 Å². The molecule has 0 aromatic heterocycles. The zero-order valence-corrected chi connectivity index (χ0v) is 14.0. The second-order valence-electron chi connectivity index (χ2n) is 7.41. The van der Waals surface area contributed by atoms with Gasteiger partial charge in [-0.2, -0.15) is 0 Å². The van der Waals surface area contributed by atoms with Crippen LogP contribution in [0, 0.1) is 11.8 Å². The molecule has 0 spiro atoms. The van der Waals surface area contributed by atoms with Gasteiger partial charge in [-0.3, -0.25) is 4.90 Å². The Bertz CT molecular complexity index is 253. The average Bonchev–Trinajstić information content (AvgIpc) is 2.37. The van der Waals surface area contributed by atoms with Gasteiger partial charge in [-0.05, 0) is 63.6 Å². The van der Waals surface area contributed by atoms with Gasteiger partial charge in [0.15, 0.2) is 0 Å². The highest BCUT2D eigenvalue weighted by Gasteiger charge is 2.37. The predicted molar refractivity (Wildman–Crippen MR) is 88.1 cm³/mol. The Kier molecular flexibility index (Phi) is 6.83. The lowest BCUT2D eigenvalue weighted by molar-refractivity contribution is 0.0554. The summed E-state index contributed by atoms with van der Waals surface area (Å²) in [6.45, 7) is 11.1. The maximum absolute atomic E-state index is 3.87. The first-order valence-corrected chi connectivity index (χ1v) is 9.19. The Morgan fingerprint density at radius 2 is 1.60 bits per heavy atom. The fraction of sp³-hybridized carbons (Fsp3) is 1.00. The molecule has 2 rings (SSSR count). The molecule has 2 nitrogen and oxygen atoms in total. The molecule has 0 aromatic rings. The van der Waals surface area contributed by atoms with Crippen molar-refractivity contribution in [2.24, 2.45) is 11.8 Å². The highest BCUT2D eigenvalue weighted by atomic mass is 15.2. The van der Waals surface area contributed by atoms with Crippen LogP contribution in [0.1, 0.15) is 72.1 Å². The highest BCUT2D eigenvalue weighted by molar-refractivity contribution is 4.94. The van der Waals surface area contributed by atoms with Crippen LogP contribution in [0.3, 0.4) is 0 Å². The predicted octanol–water partition coefficient (Wildman–Crippen LogP) is 4.06. The molecule has 4 unspecified atom stereocenters. The van der Waals surface area contributed by atoms with Gasteiger partial charge < -0.3 is 5.32 Å². The monoisotopic (exact) mass is 280 g/mol. The molecule has 0 bridgehead atoms. The number of nitrogens with zero attached hydrogens (tertiary/aromatic N) is 1. The van der Waals surface area contributed by atoms with Gasteiger partial charge in [0, 0.05) is 12.1 Å². The average molecular weight is 280 g/mol. The SMILES string of the molecule is CCCNC1CC(C)CC(C)C1N1CCCCCCC1. The van der Waals surface area contributed by atoms with Crippen LogP contribution in [0.4, 0.5) is 0 Å². The molecule has 1 aliphatic heterocycles. The van der Waals surface area contributed by atoms with Crippen LogP contribution in [-0.2, 0) is 0 Å². The van der Waals surface area contributed by atoms with Crippen molar-refractivity contribution in [2.75, 3.05) is 19.6 Å². The number of nitrogens with one attached hydrogen (secondary N) is 1. The largest absolute Gasteiger partial charge is 0.312 e. The number of likely N-dealkylation sites (tertiary alicyclic amines) is 1. The first-order valence-electron chi connectivity index (χ1n) is 9.19. The molecule has 0 aromatic carbocycles. The van der Waals surface area contributed by atoms with E-state index in [1.54, 1.807) is 0 Å². The van der Waals surface area contributed by atoms with Crippen molar-refractivity contribution in [1.82, 2.24) is 10.2 Å².